The molecule has 8 heteroatoms. The Kier molecular flexibility index (Phi) is 4.11. The van der Waals surface area contributed by atoms with E-state index in [1.165, 1.54) is 20.2 Å². The van der Waals surface area contributed by atoms with Gasteiger partial charge in [0.2, 0.25) is 11.8 Å². The Morgan fingerprint density at radius 3 is 2.71 bits per heavy atom. The van der Waals surface area contributed by atoms with Crippen molar-refractivity contribution in [3.8, 4) is 5.75 Å². The van der Waals surface area contributed by atoms with Crippen molar-refractivity contribution < 1.29 is 24.2 Å². The number of nitrogens with one attached hydrogen (secondary N) is 1. The molecule has 146 valence electrons. The van der Waals surface area contributed by atoms with E-state index < -0.39 is 35.3 Å². The summed E-state index contributed by atoms with van der Waals surface area (Å²) >= 11 is 0. The van der Waals surface area contributed by atoms with Crippen LogP contribution in [0.2, 0.25) is 0 Å². The molecule has 0 bridgehead atoms. The van der Waals surface area contributed by atoms with E-state index in [4.69, 9.17) is 4.74 Å². The van der Waals surface area contributed by atoms with Crippen molar-refractivity contribution in [2.45, 2.75) is 24.9 Å². The van der Waals surface area contributed by atoms with Crippen LogP contribution in [-0.2, 0) is 19.1 Å². The highest BCUT2D eigenvalue weighted by atomic mass is 16.5. The Morgan fingerprint density at radius 1 is 1.29 bits per heavy atom. The number of nitrogens with zero attached hydrogens (tertiary/aromatic N) is 2. The van der Waals surface area contributed by atoms with Crippen molar-refractivity contribution in [3.63, 3.8) is 0 Å². The van der Waals surface area contributed by atoms with E-state index in [0.29, 0.717) is 11.2 Å². The van der Waals surface area contributed by atoms with Crippen LogP contribution >= 0.6 is 0 Å². The van der Waals surface area contributed by atoms with Crippen molar-refractivity contribution >= 4 is 28.7 Å². The van der Waals surface area contributed by atoms with Crippen molar-refractivity contribution in [3.05, 3.63) is 36.0 Å². The second-order valence-electron chi connectivity index (χ2n) is 7.26. The SMILES string of the molecule is CC[C@]1(C(=O)OC)N[C@@H](c2ccc3cccc(O)c3n2)[C@H]2C(=O)N(C)C(=O)[C@H]21. The number of fused-ring (bicyclic) bond motifs is 2. The summed E-state index contributed by atoms with van der Waals surface area (Å²) in [5, 5.41) is 14.1. The van der Waals surface area contributed by atoms with Gasteiger partial charge in [-0.3, -0.25) is 24.6 Å². The zero-order chi connectivity index (χ0) is 20.2. The number of carbonyl (C=O) groups excluding carboxylic acids is 3. The number of rotatable bonds is 3. The second kappa shape index (κ2) is 6.27. The number of ether oxygens (including phenoxy) is 1. The molecule has 4 rings (SSSR count). The van der Waals surface area contributed by atoms with Gasteiger partial charge in [-0.05, 0) is 18.6 Å². The molecule has 1 aromatic carbocycles. The number of likely N-dealkylation sites (tertiary alicyclic amines) is 1. The highest BCUT2D eigenvalue weighted by Gasteiger charge is 2.67. The van der Waals surface area contributed by atoms with Crippen LogP contribution in [0.4, 0.5) is 0 Å². The summed E-state index contributed by atoms with van der Waals surface area (Å²) in [4.78, 5) is 44.0. The molecule has 2 aliphatic rings. The van der Waals surface area contributed by atoms with Crippen LogP contribution in [0.25, 0.3) is 10.9 Å². The number of imide groups is 1. The molecule has 0 unspecified atom stereocenters. The topological polar surface area (TPSA) is 109 Å². The maximum absolute atomic E-state index is 12.9. The molecule has 2 fully saturated rings. The molecule has 8 nitrogen and oxygen atoms in total. The van der Waals surface area contributed by atoms with Crippen molar-refractivity contribution in [2.75, 3.05) is 14.2 Å². The van der Waals surface area contributed by atoms with E-state index >= 15 is 0 Å². The van der Waals surface area contributed by atoms with E-state index in [9.17, 15) is 19.5 Å². The number of aromatic nitrogens is 1. The summed E-state index contributed by atoms with van der Waals surface area (Å²) in [6, 6.07) is 7.95. The van der Waals surface area contributed by atoms with Crippen LogP contribution < -0.4 is 5.32 Å². The average Bonchev–Trinajstić information content (AvgIpc) is 3.18. The number of aromatic hydroxyl groups is 1. The standard InChI is InChI=1S/C20H21N3O5/c1-4-20(19(27)28-3)14-13(17(25)23(2)18(14)26)16(22-20)11-9-8-10-6-5-7-12(24)15(10)21-11/h5-9,13-14,16,22,24H,4H2,1-3H3/t13-,14-,16-,20-/m0/s1. The predicted molar refractivity (Wildman–Crippen MR) is 99.1 cm³/mol. The highest BCUT2D eigenvalue weighted by molar-refractivity contribution is 6.09. The van der Waals surface area contributed by atoms with Gasteiger partial charge in [0, 0.05) is 12.4 Å². The zero-order valence-corrected chi connectivity index (χ0v) is 15.8. The van der Waals surface area contributed by atoms with Crippen LogP contribution in [0.1, 0.15) is 25.1 Å². The fourth-order valence-electron chi connectivity index (χ4n) is 4.56. The van der Waals surface area contributed by atoms with Crippen LogP contribution in [-0.4, -0.2) is 52.5 Å². The number of hydrogen-bond donors (Lipinski definition) is 2. The first kappa shape index (κ1) is 18.4. The number of hydrogen-bond acceptors (Lipinski definition) is 7. The molecule has 2 aliphatic heterocycles. The zero-order valence-electron chi connectivity index (χ0n) is 15.8. The predicted octanol–water partition coefficient (Wildman–Crippen LogP) is 1.14. The normalized spacial score (nSPS) is 29.4. The summed E-state index contributed by atoms with van der Waals surface area (Å²) < 4.78 is 4.99. The third kappa shape index (κ3) is 2.27. The third-order valence-electron chi connectivity index (χ3n) is 6.02. The van der Waals surface area contributed by atoms with Crippen molar-refractivity contribution in [1.82, 2.24) is 15.2 Å². The molecule has 2 saturated heterocycles. The maximum Gasteiger partial charge on any atom is 0.326 e. The third-order valence-corrected chi connectivity index (χ3v) is 6.02. The molecule has 2 amide bonds. The lowest BCUT2D eigenvalue weighted by Crippen LogP contribution is -2.55. The highest BCUT2D eigenvalue weighted by Crippen LogP contribution is 2.49. The molecule has 4 atom stereocenters. The summed E-state index contributed by atoms with van der Waals surface area (Å²) in [6.45, 7) is 1.78. The van der Waals surface area contributed by atoms with Gasteiger partial charge >= 0.3 is 5.97 Å². The van der Waals surface area contributed by atoms with Crippen LogP contribution in [0.3, 0.4) is 0 Å². The summed E-state index contributed by atoms with van der Waals surface area (Å²) in [5.74, 6) is -2.95. The molecule has 3 heterocycles. The molecule has 1 aromatic heterocycles. The largest absolute Gasteiger partial charge is 0.506 e. The van der Waals surface area contributed by atoms with Gasteiger partial charge in [-0.1, -0.05) is 25.1 Å². The molecule has 0 spiro atoms. The Balaban J connectivity index is 1.88. The molecule has 0 aliphatic carbocycles. The summed E-state index contributed by atoms with van der Waals surface area (Å²) in [6.07, 6.45) is 0.281. The van der Waals surface area contributed by atoms with E-state index in [2.05, 4.69) is 10.3 Å². The number of phenols is 1. The van der Waals surface area contributed by atoms with E-state index in [1.807, 2.05) is 6.07 Å². The second-order valence-corrected chi connectivity index (χ2v) is 7.26. The number of amides is 2. The Morgan fingerprint density at radius 2 is 2.04 bits per heavy atom. The fourth-order valence-corrected chi connectivity index (χ4v) is 4.56. The minimum atomic E-state index is -1.31. The van der Waals surface area contributed by atoms with Gasteiger partial charge in [-0.2, -0.15) is 0 Å². The van der Waals surface area contributed by atoms with Crippen molar-refractivity contribution in [2.24, 2.45) is 11.8 Å². The first-order valence-electron chi connectivity index (χ1n) is 9.12. The van der Waals surface area contributed by atoms with Gasteiger partial charge in [0.25, 0.3) is 0 Å². The first-order chi connectivity index (χ1) is 13.4. The minimum absolute atomic E-state index is 0.0227. The fraction of sp³-hybridized carbons (Fsp3) is 0.400. The minimum Gasteiger partial charge on any atom is -0.506 e. The summed E-state index contributed by atoms with van der Waals surface area (Å²) in [5.41, 5.74) is -0.424. The number of para-hydroxylation sites is 1. The molecule has 0 radical (unpaired) electrons. The molecular formula is C20H21N3O5. The lowest BCUT2D eigenvalue weighted by Gasteiger charge is -2.30. The lowest BCUT2D eigenvalue weighted by atomic mass is 9.78. The Bertz CT molecular complexity index is 1010. The van der Waals surface area contributed by atoms with Crippen LogP contribution in [0.15, 0.2) is 30.3 Å². The van der Waals surface area contributed by atoms with Crippen LogP contribution in [0, 0.1) is 11.8 Å². The Labute approximate surface area is 161 Å². The monoisotopic (exact) mass is 383 g/mol. The molecule has 2 aromatic rings. The van der Waals surface area contributed by atoms with Gasteiger partial charge in [0.1, 0.15) is 16.8 Å². The number of benzene rings is 1. The van der Waals surface area contributed by atoms with Gasteiger partial charge in [0.05, 0.1) is 30.7 Å². The van der Waals surface area contributed by atoms with Gasteiger partial charge in [-0.25, -0.2) is 4.98 Å². The van der Waals surface area contributed by atoms with E-state index in [-0.39, 0.29) is 18.1 Å². The van der Waals surface area contributed by atoms with E-state index in [0.717, 1.165) is 10.3 Å². The lowest BCUT2D eigenvalue weighted by molar-refractivity contribution is -0.154. The van der Waals surface area contributed by atoms with Crippen molar-refractivity contribution in [1.29, 1.82) is 0 Å². The smallest absolute Gasteiger partial charge is 0.326 e. The van der Waals surface area contributed by atoms with Gasteiger partial charge in [0.15, 0.2) is 0 Å². The molecule has 28 heavy (non-hydrogen) atoms. The first-order valence-corrected chi connectivity index (χ1v) is 9.12. The quantitative estimate of drug-likeness (QED) is 0.604. The summed E-state index contributed by atoms with van der Waals surface area (Å²) in [7, 11) is 2.69. The number of carbonyl (C=O) groups is 3. The van der Waals surface area contributed by atoms with Gasteiger partial charge in [-0.15, -0.1) is 0 Å². The number of methoxy groups -OCH3 is 1. The molecule has 2 N–H and O–H groups in total. The number of phenolic OH excluding ortho intramolecular Hbond substituents is 1. The van der Waals surface area contributed by atoms with Crippen LogP contribution in [0.5, 0.6) is 5.75 Å². The van der Waals surface area contributed by atoms with Gasteiger partial charge < -0.3 is 9.84 Å². The van der Waals surface area contributed by atoms with E-state index in [1.54, 1.807) is 25.1 Å². The maximum atomic E-state index is 12.9. The molecular weight excluding hydrogens is 362 g/mol. The molecule has 0 saturated carbocycles. The average molecular weight is 383 g/mol. The number of esters is 1. The number of pyridine rings is 1. The Hall–Kier alpha value is -3.00.